The van der Waals surface area contributed by atoms with E-state index in [0.29, 0.717) is 18.1 Å². The number of carbonyl (C=O) groups excluding carboxylic acids is 2. The summed E-state index contributed by atoms with van der Waals surface area (Å²) >= 11 is 0. The Kier molecular flexibility index (Phi) is 5.84. The fourth-order valence-electron chi connectivity index (χ4n) is 1.31. The molecule has 5 nitrogen and oxygen atoms in total. The molecule has 1 aromatic rings. The molecule has 0 fully saturated rings. The maximum Gasteiger partial charge on any atom is 0.306 e. The number of pyridine rings is 1. The van der Waals surface area contributed by atoms with E-state index in [1.165, 1.54) is 13.3 Å². The lowest BCUT2D eigenvalue weighted by Gasteiger charge is -2.03. The molecule has 1 rings (SSSR count). The molecule has 0 saturated heterocycles. The number of rotatable bonds is 7. The number of esters is 1. The summed E-state index contributed by atoms with van der Waals surface area (Å²) in [6.07, 6.45) is 2.46. The van der Waals surface area contributed by atoms with Crippen LogP contribution in [0.5, 0.6) is 5.88 Å². The van der Waals surface area contributed by atoms with E-state index in [1.54, 1.807) is 12.1 Å². The molecule has 0 aromatic carbocycles. The molecular formula is C13H17NO4. The molecule has 0 unspecified atom stereocenters. The van der Waals surface area contributed by atoms with Crippen LogP contribution in [0.25, 0.3) is 0 Å². The number of ketones is 1. The van der Waals surface area contributed by atoms with Gasteiger partial charge in [0.05, 0.1) is 20.1 Å². The van der Waals surface area contributed by atoms with Crippen LogP contribution in [0.3, 0.4) is 0 Å². The summed E-state index contributed by atoms with van der Waals surface area (Å²) in [4.78, 5) is 26.9. The minimum atomic E-state index is -0.341. The molecule has 0 bridgehead atoms. The maximum atomic E-state index is 11.7. The van der Waals surface area contributed by atoms with E-state index in [9.17, 15) is 9.59 Å². The van der Waals surface area contributed by atoms with Crippen molar-refractivity contribution in [2.24, 2.45) is 0 Å². The Labute approximate surface area is 106 Å². The second kappa shape index (κ2) is 7.42. The van der Waals surface area contributed by atoms with Crippen LogP contribution in [0.2, 0.25) is 0 Å². The van der Waals surface area contributed by atoms with Crippen LogP contribution in [-0.2, 0) is 9.53 Å². The highest BCUT2D eigenvalue weighted by Gasteiger charge is 2.10. The van der Waals surface area contributed by atoms with Crippen molar-refractivity contribution in [3.8, 4) is 5.88 Å². The van der Waals surface area contributed by atoms with Crippen LogP contribution in [0.4, 0.5) is 0 Å². The molecule has 98 valence electrons. The van der Waals surface area contributed by atoms with Crippen molar-refractivity contribution < 1.29 is 19.1 Å². The lowest BCUT2D eigenvalue weighted by Crippen LogP contribution is -2.09. The minimum absolute atomic E-state index is 0.102. The van der Waals surface area contributed by atoms with E-state index in [0.717, 1.165) is 6.42 Å². The van der Waals surface area contributed by atoms with E-state index < -0.39 is 0 Å². The van der Waals surface area contributed by atoms with Crippen LogP contribution in [0.1, 0.15) is 36.5 Å². The zero-order valence-corrected chi connectivity index (χ0v) is 10.6. The molecule has 0 amide bonds. The smallest absolute Gasteiger partial charge is 0.306 e. The standard InChI is InChI=1S/C13H17NO4/c1-3-8-18-13(16)7-5-11(15)10-4-6-12(17-2)14-9-10/h4,6,9H,3,5,7-8H2,1-2H3. The first-order valence-electron chi connectivity index (χ1n) is 5.86. The van der Waals surface area contributed by atoms with Gasteiger partial charge in [-0.15, -0.1) is 0 Å². The molecular weight excluding hydrogens is 234 g/mol. The molecule has 0 aliphatic heterocycles. The van der Waals surface area contributed by atoms with Crippen molar-refractivity contribution in [2.75, 3.05) is 13.7 Å². The van der Waals surface area contributed by atoms with Gasteiger partial charge in [0.2, 0.25) is 5.88 Å². The van der Waals surface area contributed by atoms with Gasteiger partial charge >= 0.3 is 5.97 Å². The van der Waals surface area contributed by atoms with Crippen LogP contribution in [0, 0.1) is 0 Å². The fourth-order valence-corrected chi connectivity index (χ4v) is 1.31. The molecule has 0 aliphatic carbocycles. The molecule has 0 spiro atoms. The Hall–Kier alpha value is -1.91. The third-order valence-electron chi connectivity index (χ3n) is 2.29. The predicted octanol–water partition coefficient (Wildman–Crippen LogP) is 2.01. The van der Waals surface area contributed by atoms with Gasteiger partial charge in [0.15, 0.2) is 5.78 Å². The maximum absolute atomic E-state index is 11.7. The second-order valence-electron chi connectivity index (χ2n) is 3.73. The summed E-state index contributed by atoms with van der Waals surface area (Å²) in [6.45, 7) is 2.32. The van der Waals surface area contributed by atoms with Crippen LogP contribution in [0.15, 0.2) is 18.3 Å². The van der Waals surface area contributed by atoms with Crippen LogP contribution in [-0.4, -0.2) is 30.5 Å². The second-order valence-corrected chi connectivity index (χ2v) is 3.73. The van der Waals surface area contributed by atoms with Gasteiger partial charge in [-0.25, -0.2) is 4.98 Å². The van der Waals surface area contributed by atoms with Crippen LogP contribution < -0.4 is 4.74 Å². The zero-order valence-electron chi connectivity index (χ0n) is 10.6. The van der Waals surface area contributed by atoms with E-state index in [4.69, 9.17) is 9.47 Å². The lowest BCUT2D eigenvalue weighted by molar-refractivity contribution is -0.143. The molecule has 1 aromatic heterocycles. The SMILES string of the molecule is CCCOC(=O)CCC(=O)c1ccc(OC)nc1. The van der Waals surface area contributed by atoms with Crippen molar-refractivity contribution in [1.29, 1.82) is 0 Å². The topological polar surface area (TPSA) is 65.5 Å². The van der Waals surface area contributed by atoms with Gasteiger partial charge in [0.25, 0.3) is 0 Å². The first-order chi connectivity index (χ1) is 8.67. The fraction of sp³-hybridized carbons (Fsp3) is 0.462. The summed E-state index contributed by atoms with van der Waals surface area (Å²) < 4.78 is 9.78. The van der Waals surface area contributed by atoms with Crippen molar-refractivity contribution in [3.05, 3.63) is 23.9 Å². The Bertz CT molecular complexity index is 400. The first-order valence-corrected chi connectivity index (χ1v) is 5.86. The molecule has 0 aliphatic rings. The summed E-state index contributed by atoms with van der Waals surface area (Å²) in [5.41, 5.74) is 0.471. The number of carbonyl (C=O) groups is 2. The third kappa shape index (κ3) is 4.53. The zero-order chi connectivity index (χ0) is 13.4. The van der Waals surface area contributed by atoms with E-state index in [-0.39, 0.29) is 24.6 Å². The normalized spacial score (nSPS) is 9.89. The Morgan fingerprint density at radius 3 is 2.61 bits per heavy atom. The average molecular weight is 251 g/mol. The van der Waals surface area contributed by atoms with E-state index >= 15 is 0 Å². The monoisotopic (exact) mass is 251 g/mol. The highest BCUT2D eigenvalue weighted by molar-refractivity contribution is 5.97. The number of Topliss-reactive ketones (excluding diaryl/α,β-unsaturated/α-hetero) is 1. The number of nitrogens with zero attached hydrogens (tertiary/aromatic N) is 1. The molecule has 0 atom stereocenters. The Balaban J connectivity index is 2.42. The highest BCUT2D eigenvalue weighted by Crippen LogP contribution is 2.10. The van der Waals surface area contributed by atoms with Crippen molar-refractivity contribution in [3.63, 3.8) is 0 Å². The van der Waals surface area contributed by atoms with Crippen molar-refractivity contribution in [2.45, 2.75) is 26.2 Å². The molecule has 5 heteroatoms. The molecule has 0 saturated carbocycles. The highest BCUT2D eigenvalue weighted by atomic mass is 16.5. The number of aromatic nitrogens is 1. The third-order valence-corrected chi connectivity index (χ3v) is 2.29. The Morgan fingerprint density at radius 1 is 1.28 bits per heavy atom. The number of hydrogen-bond acceptors (Lipinski definition) is 5. The summed E-state index contributed by atoms with van der Waals surface area (Å²) in [7, 11) is 1.51. The largest absolute Gasteiger partial charge is 0.481 e. The van der Waals surface area contributed by atoms with E-state index in [1.807, 2.05) is 6.92 Å². The van der Waals surface area contributed by atoms with Crippen molar-refractivity contribution >= 4 is 11.8 Å². The minimum Gasteiger partial charge on any atom is -0.481 e. The number of methoxy groups -OCH3 is 1. The summed E-state index contributed by atoms with van der Waals surface area (Å²) in [6, 6.07) is 3.24. The van der Waals surface area contributed by atoms with Crippen molar-refractivity contribution in [1.82, 2.24) is 4.98 Å². The molecule has 18 heavy (non-hydrogen) atoms. The van der Waals surface area contributed by atoms with Gasteiger partial charge in [0, 0.05) is 24.2 Å². The lowest BCUT2D eigenvalue weighted by atomic mass is 10.1. The van der Waals surface area contributed by atoms with Gasteiger partial charge in [-0.2, -0.15) is 0 Å². The van der Waals surface area contributed by atoms with Crippen LogP contribution >= 0.6 is 0 Å². The number of hydrogen-bond donors (Lipinski definition) is 0. The van der Waals surface area contributed by atoms with Gasteiger partial charge in [0.1, 0.15) is 0 Å². The first kappa shape index (κ1) is 14.2. The quantitative estimate of drug-likeness (QED) is 0.548. The molecule has 0 radical (unpaired) electrons. The predicted molar refractivity (Wildman–Crippen MR) is 65.6 cm³/mol. The van der Waals surface area contributed by atoms with Gasteiger partial charge < -0.3 is 9.47 Å². The summed E-state index contributed by atoms with van der Waals surface area (Å²) in [5.74, 6) is -0.0147. The Morgan fingerprint density at radius 2 is 2.06 bits per heavy atom. The van der Waals surface area contributed by atoms with Gasteiger partial charge in [-0.05, 0) is 12.5 Å². The molecule has 1 heterocycles. The molecule has 0 N–H and O–H groups in total. The number of ether oxygens (including phenoxy) is 2. The van der Waals surface area contributed by atoms with Gasteiger partial charge in [-0.3, -0.25) is 9.59 Å². The summed E-state index contributed by atoms with van der Waals surface area (Å²) in [5, 5.41) is 0. The van der Waals surface area contributed by atoms with Gasteiger partial charge in [-0.1, -0.05) is 6.92 Å². The average Bonchev–Trinajstić information content (AvgIpc) is 2.42. The van der Waals surface area contributed by atoms with E-state index in [2.05, 4.69) is 4.98 Å².